The third kappa shape index (κ3) is 2.14. The van der Waals surface area contributed by atoms with E-state index in [0.717, 1.165) is 24.8 Å². The highest BCUT2D eigenvalue weighted by atomic mass is 16.1. The van der Waals surface area contributed by atoms with Gasteiger partial charge in [0.25, 0.3) is 0 Å². The Morgan fingerprint density at radius 3 is 3.00 bits per heavy atom. The van der Waals surface area contributed by atoms with Gasteiger partial charge < -0.3 is 4.57 Å². The Morgan fingerprint density at radius 1 is 1.40 bits per heavy atom. The van der Waals surface area contributed by atoms with Crippen LogP contribution >= 0.6 is 0 Å². The Kier molecular flexibility index (Phi) is 2.94. The predicted octanol–water partition coefficient (Wildman–Crippen LogP) is 1.89. The first kappa shape index (κ1) is 10.1. The van der Waals surface area contributed by atoms with Gasteiger partial charge in [-0.05, 0) is 31.3 Å². The maximum atomic E-state index is 12.0. The lowest BCUT2D eigenvalue weighted by Gasteiger charge is -2.02. The molecular weight excluding hydrogens is 190 g/mol. The molecule has 15 heavy (non-hydrogen) atoms. The molecule has 0 fully saturated rings. The topological polar surface area (TPSA) is 47.8 Å². The number of carbonyl (C=O) groups is 1. The summed E-state index contributed by atoms with van der Waals surface area (Å²) in [5.41, 5.74) is 0.906. The van der Waals surface area contributed by atoms with Crippen molar-refractivity contribution in [3.05, 3.63) is 23.8 Å². The second-order valence-corrected chi connectivity index (χ2v) is 3.92. The number of aryl methyl sites for hydroxylation is 1. The molecule has 1 aromatic rings. The summed E-state index contributed by atoms with van der Waals surface area (Å²) in [6.45, 7) is 0. The van der Waals surface area contributed by atoms with Gasteiger partial charge in [-0.15, -0.1) is 10.2 Å². The fourth-order valence-corrected chi connectivity index (χ4v) is 1.85. The van der Waals surface area contributed by atoms with Crippen LogP contribution in [0.15, 0.2) is 18.0 Å². The Bertz CT molecular complexity index is 392. The van der Waals surface area contributed by atoms with Crippen LogP contribution in [0.5, 0.6) is 0 Å². The first-order valence-corrected chi connectivity index (χ1v) is 5.37. The standard InChI is InChI=1S/C11H15N3O/c1-14-8-12-13-11(14)10(15)9-6-4-2-3-5-7-9/h6,8H,2-5,7H2,1H3. The molecule has 0 spiro atoms. The minimum Gasteiger partial charge on any atom is -0.314 e. The third-order valence-corrected chi connectivity index (χ3v) is 2.75. The Morgan fingerprint density at radius 2 is 2.27 bits per heavy atom. The first-order chi connectivity index (χ1) is 7.29. The lowest BCUT2D eigenvalue weighted by molar-refractivity contribution is 0.101. The molecule has 4 heteroatoms. The minimum atomic E-state index is 0.0388. The van der Waals surface area contributed by atoms with E-state index >= 15 is 0 Å². The van der Waals surface area contributed by atoms with Crippen molar-refractivity contribution < 1.29 is 4.79 Å². The van der Waals surface area contributed by atoms with Crippen molar-refractivity contribution in [3.63, 3.8) is 0 Å². The van der Waals surface area contributed by atoms with E-state index in [1.54, 1.807) is 17.9 Å². The van der Waals surface area contributed by atoms with Crippen LogP contribution in [0.2, 0.25) is 0 Å². The summed E-state index contributed by atoms with van der Waals surface area (Å²) in [6, 6.07) is 0. The molecule has 4 nitrogen and oxygen atoms in total. The number of aromatic nitrogens is 3. The van der Waals surface area contributed by atoms with Gasteiger partial charge in [-0.2, -0.15) is 0 Å². The molecule has 80 valence electrons. The van der Waals surface area contributed by atoms with Crippen molar-refractivity contribution in [1.82, 2.24) is 14.8 Å². The molecule has 0 aliphatic heterocycles. The van der Waals surface area contributed by atoms with Crippen LogP contribution in [-0.2, 0) is 7.05 Å². The quantitative estimate of drug-likeness (QED) is 0.693. The fraction of sp³-hybridized carbons (Fsp3) is 0.545. The second-order valence-electron chi connectivity index (χ2n) is 3.92. The molecule has 1 aliphatic carbocycles. The zero-order valence-corrected chi connectivity index (χ0v) is 8.94. The van der Waals surface area contributed by atoms with Crippen LogP contribution in [0.3, 0.4) is 0 Å². The van der Waals surface area contributed by atoms with E-state index in [-0.39, 0.29) is 5.78 Å². The summed E-state index contributed by atoms with van der Waals surface area (Å²) < 4.78 is 1.67. The summed E-state index contributed by atoms with van der Waals surface area (Å²) in [6.07, 6.45) is 9.02. The largest absolute Gasteiger partial charge is 0.314 e. The molecule has 1 aliphatic rings. The van der Waals surface area contributed by atoms with Crippen LogP contribution in [-0.4, -0.2) is 20.5 Å². The van der Waals surface area contributed by atoms with E-state index in [9.17, 15) is 4.79 Å². The van der Waals surface area contributed by atoms with Gasteiger partial charge >= 0.3 is 0 Å². The predicted molar refractivity (Wildman–Crippen MR) is 56.5 cm³/mol. The summed E-state index contributed by atoms with van der Waals surface area (Å²) in [5.74, 6) is 0.486. The average molecular weight is 205 g/mol. The highest BCUT2D eigenvalue weighted by Crippen LogP contribution is 2.19. The molecule has 0 saturated carbocycles. The normalized spacial score (nSPS) is 17.0. The summed E-state index contributed by atoms with van der Waals surface area (Å²) in [5, 5.41) is 7.57. The Hall–Kier alpha value is -1.45. The van der Waals surface area contributed by atoms with E-state index < -0.39 is 0 Å². The van der Waals surface area contributed by atoms with Gasteiger partial charge in [0.15, 0.2) is 0 Å². The molecule has 0 N–H and O–H groups in total. The van der Waals surface area contributed by atoms with Crippen molar-refractivity contribution in [1.29, 1.82) is 0 Å². The van der Waals surface area contributed by atoms with Gasteiger partial charge in [0, 0.05) is 7.05 Å². The number of carbonyl (C=O) groups excluding carboxylic acids is 1. The number of Topliss-reactive ketones (excluding diaryl/α,β-unsaturated/α-hetero) is 1. The molecular formula is C11H15N3O. The highest BCUT2D eigenvalue weighted by Gasteiger charge is 2.17. The van der Waals surface area contributed by atoms with E-state index in [1.807, 2.05) is 0 Å². The SMILES string of the molecule is Cn1cnnc1C(=O)C1=CCCCCC1. The van der Waals surface area contributed by atoms with Crippen molar-refractivity contribution in [3.8, 4) is 0 Å². The van der Waals surface area contributed by atoms with Crippen molar-refractivity contribution >= 4 is 5.78 Å². The third-order valence-electron chi connectivity index (χ3n) is 2.75. The van der Waals surface area contributed by atoms with E-state index in [4.69, 9.17) is 0 Å². The molecule has 0 unspecified atom stereocenters. The Labute approximate surface area is 89.0 Å². The number of allylic oxidation sites excluding steroid dienone is 2. The highest BCUT2D eigenvalue weighted by molar-refractivity contribution is 6.06. The van der Waals surface area contributed by atoms with Crippen LogP contribution in [0.1, 0.15) is 42.7 Å². The zero-order valence-electron chi connectivity index (χ0n) is 8.94. The number of hydrogen-bond donors (Lipinski definition) is 0. The number of hydrogen-bond acceptors (Lipinski definition) is 3. The summed E-state index contributed by atoms with van der Waals surface area (Å²) in [4.78, 5) is 12.0. The Balaban J connectivity index is 2.20. The fourth-order valence-electron chi connectivity index (χ4n) is 1.85. The van der Waals surface area contributed by atoms with Crippen LogP contribution in [0.25, 0.3) is 0 Å². The van der Waals surface area contributed by atoms with Gasteiger partial charge in [0.2, 0.25) is 11.6 Å². The maximum absolute atomic E-state index is 12.0. The molecule has 1 heterocycles. The summed E-state index contributed by atoms with van der Waals surface area (Å²) >= 11 is 0. The van der Waals surface area contributed by atoms with Gasteiger partial charge in [-0.1, -0.05) is 12.5 Å². The van der Waals surface area contributed by atoms with E-state index in [0.29, 0.717) is 5.82 Å². The minimum absolute atomic E-state index is 0.0388. The van der Waals surface area contributed by atoms with Gasteiger partial charge in [0.1, 0.15) is 6.33 Å². The van der Waals surface area contributed by atoms with E-state index in [1.165, 1.54) is 12.8 Å². The number of ketones is 1. The first-order valence-electron chi connectivity index (χ1n) is 5.37. The summed E-state index contributed by atoms with van der Waals surface area (Å²) in [7, 11) is 1.80. The molecule has 0 bridgehead atoms. The molecule has 0 atom stereocenters. The molecule has 0 amide bonds. The van der Waals surface area contributed by atoms with Gasteiger partial charge in [-0.25, -0.2) is 0 Å². The zero-order chi connectivity index (χ0) is 10.7. The van der Waals surface area contributed by atoms with Crippen molar-refractivity contribution in [2.45, 2.75) is 32.1 Å². The maximum Gasteiger partial charge on any atom is 0.226 e. The van der Waals surface area contributed by atoms with Crippen LogP contribution in [0, 0.1) is 0 Å². The van der Waals surface area contributed by atoms with Gasteiger partial charge in [-0.3, -0.25) is 4.79 Å². The second kappa shape index (κ2) is 4.38. The molecule has 0 saturated heterocycles. The van der Waals surface area contributed by atoms with Crippen LogP contribution < -0.4 is 0 Å². The lowest BCUT2D eigenvalue weighted by atomic mass is 10.1. The average Bonchev–Trinajstić information content (AvgIpc) is 2.53. The van der Waals surface area contributed by atoms with Crippen molar-refractivity contribution in [2.24, 2.45) is 7.05 Å². The van der Waals surface area contributed by atoms with E-state index in [2.05, 4.69) is 16.3 Å². The van der Waals surface area contributed by atoms with Crippen molar-refractivity contribution in [2.75, 3.05) is 0 Å². The number of rotatable bonds is 2. The van der Waals surface area contributed by atoms with Crippen LogP contribution in [0.4, 0.5) is 0 Å². The molecule has 0 radical (unpaired) electrons. The smallest absolute Gasteiger partial charge is 0.226 e. The molecule has 2 rings (SSSR count). The van der Waals surface area contributed by atoms with Gasteiger partial charge in [0.05, 0.1) is 0 Å². The molecule has 1 aromatic heterocycles. The molecule has 0 aromatic carbocycles. The monoisotopic (exact) mass is 205 g/mol. The number of nitrogens with zero attached hydrogens (tertiary/aromatic N) is 3. The lowest BCUT2D eigenvalue weighted by Crippen LogP contribution is -2.10.